The number of amides is 1. The summed E-state index contributed by atoms with van der Waals surface area (Å²) in [6.07, 6.45) is 2.41. The number of carbonyl (C=O) groups excluding carboxylic acids is 1. The first-order valence-corrected chi connectivity index (χ1v) is 7.31. The molecule has 104 valence electrons. The number of hydrogen-bond acceptors (Lipinski definition) is 3. The number of furan rings is 1. The van der Waals surface area contributed by atoms with Crippen LogP contribution in [0.1, 0.15) is 24.3 Å². The van der Waals surface area contributed by atoms with Gasteiger partial charge in [0, 0.05) is 28.2 Å². The third-order valence-corrected chi connectivity index (χ3v) is 3.88. The van der Waals surface area contributed by atoms with Crippen LogP contribution in [0, 0.1) is 0 Å². The van der Waals surface area contributed by atoms with Gasteiger partial charge in [0.1, 0.15) is 11.8 Å². The van der Waals surface area contributed by atoms with Crippen molar-refractivity contribution in [2.45, 2.75) is 25.4 Å². The topological polar surface area (TPSA) is 54.3 Å². The Kier molecular flexibility index (Phi) is 3.63. The summed E-state index contributed by atoms with van der Waals surface area (Å²) in [4.78, 5) is 12.1. The fourth-order valence-corrected chi connectivity index (χ4v) is 2.85. The van der Waals surface area contributed by atoms with Gasteiger partial charge >= 0.3 is 0 Å². The summed E-state index contributed by atoms with van der Waals surface area (Å²) in [6, 6.07) is 9.46. The molecule has 20 heavy (non-hydrogen) atoms. The van der Waals surface area contributed by atoms with Crippen LogP contribution in [0.3, 0.4) is 0 Å². The van der Waals surface area contributed by atoms with Crippen LogP contribution in [-0.2, 0) is 11.2 Å². The van der Waals surface area contributed by atoms with E-state index in [2.05, 4.69) is 26.6 Å². The lowest BCUT2D eigenvalue weighted by molar-refractivity contribution is -0.117. The smallest absolute Gasteiger partial charge is 0.246 e. The molecule has 2 unspecified atom stereocenters. The molecule has 3 rings (SSSR count). The minimum absolute atomic E-state index is 0.00982. The minimum Gasteiger partial charge on any atom is -0.469 e. The highest BCUT2D eigenvalue weighted by Gasteiger charge is 2.31. The lowest BCUT2D eigenvalue weighted by Crippen LogP contribution is -2.35. The monoisotopic (exact) mass is 334 g/mol. The molecule has 1 aromatic carbocycles. The zero-order valence-electron chi connectivity index (χ0n) is 11.0. The van der Waals surface area contributed by atoms with Crippen molar-refractivity contribution >= 4 is 27.5 Å². The van der Waals surface area contributed by atoms with Crippen molar-refractivity contribution in [1.82, 2.24) is 5.32 Å². The molecule has 2 atom stereocenters. The Morgan fingerprint density at radius 1 is 1.45 bits per heavy atom. The summed E-state index contributed by atoms with van der Waals surface area (Å²) in [5.41, 5.74) is 1.86. The first kappa shape index (κ1) is 13.4. The number of anilines is 1. The first-order valence-electron chi connectivity index (χ1n) is 6.52. The Labute approximate surface area is 125 Å². The highest BCUT2D eigenvalue weighted by molar-refractivity contribution is 9.10. The summed E-state index contributed by atoms with van der Waals surface area (Å²) < 4.78 is 6.31. The van der Waals surface area contributed by atoms with Crippen molar-refractivity contribution in [3.8, 4) is 0 Å². The maximum absolute atomic E-state index is 12.1. The number of fused-ring (bicyclic) bond motifs is 1. The number of carbonyl (C=O) groups is 1. The summed E-state index contributed by atoms with van der Waals surface area (Å²) >= 11 is 3.45. The lowest BCUT2D eigenvalue weighted by atomic mass is 10.1. The van der Waals surface area contributed by atoms with E-state index in [-0.39, 0.29) is 18.0 Å². The molecular formula is C15H15BrN2O2. The second-order valence-corrected chi connectivity index (χ2v) is 5.92. The predicted octanol–water partition coefficient (Wildman–Crippen LogP) is 3.26. The van der Waals surface area contributed by atoms with Crippen LogP contribution in [0.25, 0.3) is 0 Å². The average Bonchev–Trinajstić information content (AvgIpc) is 3.00. The van der Waals surface area contributed by atoms with Gasteiger partial charge in [-0.15, -0.1) is 0 Å². The van der Waals surface area contributed by atoms with Crippen molar-refractivity contribution in [3.63, 3.8) is 0 Å². The van der Waals surface area contributed by atoms with Crippen LogP contribution in [0.15, 0.2) is 45.5 Å². The number of hydrogen-bond donors (Lipinski definition) is 2. The van der Waals surface area contributed by atoms with Gasteiger partial charge in [-0.05, 0) is 37.3 Å². The van der Waals surface area contributed by atoms with E-state index in [1.54, 1.807) is 6.26 Å². The molecule has 2 N–H and O–H groups in total. The fraction of sp³-hybridized carbons (Fsp3) is 0.267. The molecule has 2 heterocycles. The summed E-state index contributed by atoms with van der Waals surface area (Å²) in [7, 11) is 0. The lowest BCUT2D eigenvalue weighted by Gasteiger charge is -2.17. The van der Waals surface area contributed by atoms with E-state index in [0.717, 1.165) is 27.9 Å². The highest BCUT2D eigenvalue weighted by atomic mass is 79.9. The van der Waals surface area contributed by atoms with E-state index in [4.69, 9.17) is 4.42 Å². The summed E-state index contributed by atoms with van der Waals surface area (Å²) in [6.45, 7) is 2.05. The SMILES string of the molecule is CC(Cc1ccco1)NC1C(=O)Nc2ccc(Br)cc21. The molecule has 1 amide bonds. The van der Waals surface area contributed by atoms with E-state index < -0.39 is 0 Å². The van der Waals surface area contributed by atoms with Crippen molar-refractivity contribution in [2.24, 2.45) is 0 Å². The van der Waals surface area contributed by atoms with Gasteiger partial charge in [0.25, 0.3) is 0 Å². The molecule has 5 heteroatoms. The second kappa shape index (κ2) is 5.42. The predicted molar refractivity (Wildman–Crippen MR) is 80.5 cm³/mol. The molecule has 2 aromatic rings. The molecule has 0 fully saturated rings. The molecule has 0 radical (unpaired) electrons. The van der Waals surface area contributed by atoms with E-state index >= 15 is 0 Å². The van der Waals surface area contributed by atoms with Gasteiger partial charge in [-0.3, -0.25) is 10.1 Å². The van der Waals surface area contributed by atoms with Crippen LogP contribution in [-0.4, -0.2) is 11.9 Å². The number of benzene rings is 1. The van der Waals surface area contributed by atoms with Gasteiger partial charge in [0.15, 0.2) is 0 Å². The van der Waals surface area contributed by atoms with Crippen LogP contribution in [0.5, 0.6) is 0 Å². The van der Waals surface area contributed by atoms with Crippen LogP contribution in [0.2, 0.25) is 0 Å². The van der Waals surface area contributed by atoms with Gasteiger partial charge in [-0.2, -0.15) is 0 Å². The molecule has 0 saturated heterocycles. The van der Waals surface area contributed by atoms with Crippen molar-refractivity contribution in [2.75, 3.05) is 5.32 Å². The molecule has 0 aliphatic carbocycles. The van der Waals surface area contributed by atoms with E-state index in [9.17, 15) is 4.79 Å². The molecule has 0 saturated carbocycles. The van der Waals surface area contributed by atoms with Crippen LogP contribution < -0.4 is 10.6 Å². The Morgan fingerprint density at radius 3 is 3.05 bits per heavy atom. The van der Waals surface area contributed by atoms with Crippen molar-refractivity contribution in [3.05, 3.63) is 52.4 Å². The van der Waals surface area contributed by atoms with Gasteiger partial charge in [-0.1, -0.05) is 15.9 Å². The quantitative estimate of drug-likeness (QED) is 0.902. The normalized spacial score (nSPS) is 18.7. The Balaban J connectivity index is 1.74. The number of rotatable bonds is 4. The highest BCUT2D eigenvalue weighted by Crippen LogP contribution is 2.33. The Bertz CT molecular complexity index is 625. The summed E-state index contributed by atoms with van der Waals surface area (Å²) in [5, 5.41) is 6.25. The molecule has 1 aliphatic rings. The Morgan fingerprint density at radius 2 is 2.30 bits per heavy atom. The zero-order chi connectivity index (χ0) is 14.1. The van der Waals surface area contributed by atoms with Gasteiger partial charge in [-0.25, -0.2) is 0 Å². The maximum Gasteiger partial charge on any atom is 0.246 e. The number of halogens is 1. The van der Waals surface area contributed by atoms with E-state index in [1.807, 2.05) is 37.3 Å². The average molecular weight is 335 g/mol. The van der Waals surface area contributed by atoms with Crippen molar-refractivity contribution in [1.29, 1.82) is 0 Å². The molecule has 0 spiro atoms. The van der Waals surface area contributed by atoms with Crippen molar-refractivity contribution < 1.29 is 9.21 Å². The third kappa shape index (κ3) is 2.64. The van der Waals surface area contributed by atoms with E-state index in [1.165, 1.54) is 0 Å². The third-order valence-electron chi connectivity index (χ3n) is 3.38. The molecule has 1 aromatic heterocycles. The first-order chi connectivity index (χ1) is 9.63. The van der Waals surface area contributed by atoms with Gasteiger partial charge in [0.05, 0.1) is 6.26 Å². The molecule has 1 aliphatic heterocycles. The van der Waals surface area contributed by atoms with E-state index in [0.29, 0.717) is 0 Å². The van der Waals surface area contributed by atoms with Crippen LogP contribution >= 0.6 is 15.9 Å². The molecule has 4 nitrogen and oxygen atoms in total. The Hall–Kier alpha value is -1.59. The number of nitrogens with one attached hydrogen (secondary N) is 2. The minimum atomic E-state index is -0.313. The second-order valence-electron chi connectivity index (χ2n) is 5.01. The molecular weight excluding hydrogens is 320 g/mol. The van der Waals surface area contributed by atoms with Gasteiger partial charge < -0.3 is 9.73 Å². The maximum atomic E-state index is 12.1. The largest absolute Gasteiger partial charge is 0.469 e. The zero-order valence-corrected chi connectivity index (χ0v) is 12.6. The standard InChI is InChI=1S/C15H15BrN2O2/c1-9(7-11-3-2-6-20-11)17-14-12-8-10(16)4-5-13(12)18-15(14)19/h2-6,8-9,14,17H,7H2,1H3,(H,18,19). The fourth-order valence-electron chi connectivity index (χ4n) is 2.47. The van der Waals surface area contributed by atoms with Crippen LogP contribution in [0.4, 0.5) is 5.69 Å². The molecule has 0 bridgehead atoms. The van der Waals surface area contributed by atoms with Gasteiger partial charge in [0.2, 0.25) is 5.91 Å². The summed E-state index contributed by atoms with van der Waals surface area (Å²) in [5.74, 6) is 0.905.